The number of rotatable bonds is 6. The van der Waals surface area contributed by atoms with Crippen LogP contribution in [0, 0.1) is 0 Å². The van der Waals surface area contributed by atoms with Gasteiger partial charge in [0.2, 0.25) is 0 Å². The van der Waals surface area contributed by atoms with Crippen LogP contribution in [0.25, 0.3) is 0 Å². The zero-order chi connectivity index (χ0) is 14.9. The van der Waals surface area contributed by atoms with E-state index in [9.17, 15) is 14.4 Å². The Hall–Kier alpha value is -2.45. The maximum atomic E-state index is 12.2. The first-order chi connectivity index (χ1) is 9.52. The van der Waals surface area contributed by atoms with Crippen molar-refractivity contribution in [3.63, 3.8) is 0 Å². The van der Waals surface area contributed by atoms with Crippen LogP contribution in [0.5, 0.6) is 0 Å². The molecule has 0 aromatic carbocycles. The third kappa shape index (κ3) is 1.91. The first kappa shape index (κ1) is 14.0. The van der Waals surface area contributed by atoms with Crippen LogP contribution in [0.2, 0.25) is 0 Å². The van der Waals surface area contributed by atoms with E-state index in [0.717, 1.165) is 15.2 Å². The topological polar surface area (TPSA) is 91.1 Å². The number of nitrogens with zero attached hydrogens (tertiary/aromatic N) is 3. The van der Waals surface area contributed by atoms with Crippen molar-refractivity contribution in [1.82, 2.24) is 13.7 Å². The summed E-state index contributed by atoms with van der Waals surface area (Å²) in [6.07, 6.45) is 3.88. The molecule has 1 aliphatic rings. The van der Waals surface area contributed by atoms with Gasteiger partial charge >= 0.3 is 23.0 Å². The van der Waals surface area contributed by atoms with Gasteiger partial charge in [-0.1, -0.05) is 18.7 Å². The Labute approximate surface area is 113 Å². The van der Waals surface area contributed by atoms with E-state index < -0.39 is 23.0 Å². The van der Waals surface area contributed by atoms with Crippen molar-refractivity contribution < 1.29 is 9.78 Å². The zero-order valence-corrected chi connectivity index (χ0v) is 10.7. The molecule has 2 rings (SSSR count). The molecule has 0 radical (unpaired) electrons. The lowest BCUT2D eigenvalue weighted by Gasteiger charge is -2.12. The van der Waals surface area contributed by atoms with E-state index in [4.69, 9.17) is 0 Å². The molecule has 1 aliphatic heterocycles. The Morgan fingerprint density at radius 1 is 0.900 bits per heavy atom. The Balaban J connectivity index is 2.87. The summed E-state index contributed by atoms with van der Waals surface area (Å²) >= 11 is 0. The van der Waals surface area contributed by atoms with Crippen molar-refractivity contribution in [3.05, 3.63) is 69.4 Å². The van der Waals surface area contributed by atoms with E-state index in [2.05, 4.69) is 29.5 Å². The summed E-state index contributed by atoms with van der Waals surface area (Å²) in [5.41, 5.74) is -2.48. The molecule has 0 aliphatic carbocycles. The minimum atomic E-state index is -1.66. The van der Waals surface area contributed by atoms with Crippen molar-refractivity contribution in [1.29, 1.82) is 0 Å². The highest BCUT2D eigenvalue weighted by Crippen LogP contribution is 2.33. The highest BCUT2D eigenvalue weighted by Gasteiger charge is 2.51. The van der Waals surface area contributed by atoms with Crippen molar-refractivity contribution in [2.75, 3.05) is 0 Å². The molecule has 0 amide bonds. The number of hydrogen-bond acceptors (Lipinski definition) is 5. The molecule has 0 unspecified atom stereocenters. The quantitative estimate of drug-likeness (QED) is 0.390. The fourth-order valence-corrected chi connectivity index (χ4v) is 1.75. The summed E-state index contributed by atoms with van der Waals surface area (Å²) in [4.78, 5) is 45.9. The average Bonchev–Trinajstić information content (AvgIpc) is 3.21. The average molecular weight is 279 g/mol. The first-order valence-electron chi connectivity index (χ1n) is 5.71. The van der Waals surface area contributed by atoms with Crippen molar-refractivity contribution >= 4 is 0 Å². The van der Waals surface area contributed by atoms with Gasteiger partial charge in [0.1, 0.15) is 0 Å². The lowest BCUT2D eigenvalue weighted by molar-refractivity contribution is 0.0850. The molecule has 106 valence electrons. The maximum absolute atomic E-state index is 12.2. The second-order valence-electron chi connectivity index (χ2n) is 3.98. The summed E-state index contributed by atoms with van der Waals surface area (Å²) < 4.78 is 2.36. The highest BCUT2D eigenvalue weighted by molar-refractivity contribution is 4.95. The molecule has 8 heteroatoms. The van der Waals surface area contributed by atoms with Crippen molar-refractivity contribution in [2.24, 2.45) is 0 Å². The minimum absolute atomic E-state index is 0.0533. The van der Waals surface area contributed by atoms with Crippen LogP contribution in [0.1, 0.15) is 0 Å². The maximum Gasteiger partial charge on any atom is 0.341 e. The molecule has 2 heterocycles. The molecule has 1 aromatic heterocycles. The Morgan fingerprint density at radius 2 is 1.35 bits per heavy atom. The van der Waals surface area contributed by atoms with Crippen molar-refractivity contribution in [3.8, 4) is 0 Å². The molecule has 0 N–H and O–H groups in total. The highest BCUT2D eigenvalue weighted by atomic mass is 17.4. The second-order valence-corrected chi connectivity index (χ2v) is 3.98. The standard InChI is InChI=1S/C12H13N3O5/c1-4-7-13-9(16)14(8-5-2)11(18)15(10(13)17)12(6-3)19-20-12/h4-6H,1-3,7-8H2. The predicted molar refractivity (Wildman–Crippen MR) is 70.0 cm³/mol. The molecule has 20 heavy (non-hydrogen) atoms. The lowest BCUT2D eigenvalue weighted by atomic mass is 10.4. The minimum Gasteiger partial charge on any atom is -0.247 e. The molecule has 0 saturated carbocycles. The molecule has 8 nitrogen and oxygen atoms in total. The molecule has 1 fully saturated rings. The Morgan fingerprint density at radius 3 is 1.65 bits per heavy atom. The van der Waals surface area contributed by atoms with Gasteiger partial charge in [-0.2, -0.15) is 14.3 Å². The van der Waals surface area contributed by atoms with Crippen molar-refractivity contribution in [2.45, 2.75) is 19.0 Å². The summed E-state index contributed by atoms with van der Waals surface area (Å²) in [6.45, 7) is 10.3. The van der Waals surface area contributed by atoms with Gasteiger partial charge in [0, 0.05) is 0 Å². The number of hydrogen-bond donors (Lipinski definition) is 0. The van der Waals surface area contributed by atoms with Crippen LogP contribution < -0.4 is 17.1 Å². The normalized spacial score (nSPS) is 15.6. The summed E-state index contributed by atoms with van der Waals surface area (Å²) in [5, 5.41) is 0. The smallest absolute Gasteiger partial charge is 0.247 e. The summed E-state index contributed by atoms with van der Waals surface area (Å²) in [7, 11) is 0. The number of aromatic nitrogens is 3. The van der Waals surface area contributed by atoms with Crippen LogP contribution in [-0.2, 0) is 28.8 Å². The first-order valence-corrected chi connectivity index (χ1v) is 5.71. The van der Waals surface area contributed by atoms with E-state index >= 15 is 0 Å². The Kier molecular flexibility index (Phi) is 3.43. The molecule has 0 bridgehead atoms. The van der Waals surface area contributed by atoms with Gasteiger partial charge in [0.25, 0.3) is 0 Å². The third-order valence-electron chi connectivity index (χ3n) is 2.75. The fourth-order valence-electron chi connectivity index (χ4n) is 1.75. The van der Waals surface area contributed by atoms with Crippen LogP contribution >= 0.6 is 0 Å². The third-order valence-corrected chi connectivity index (χ3v) is 2.75. The second kappa shape index (κ2) is 4.91. The van der Waals surface area contributed by atoms with Crippen LogP contribution in [0.4, 0.5) is 0 Å². The molecular formula is C12H13N3O5. The van der Waals surface area contributed by atoms with E-state index in [0.29, 0.717) is 4.57 Å². The molecule has 1 aromatic rings. The van der Waals surface area contributed by atoms with Gasteiger partial charge in [-0.25, -0.2) is 23.5 Å². The molecule has 0 spiro atoms. The van der Waals surface area contributed by atoms with Crippen LogP contribution in [-0.4, -0.2) is 13.7 Å². The monoisotopic (exact) mass is 279 g/mol. The van der Waals surface area contributed by atoms with Gasteiger partial charge in [0.05, 0.1) is 13.1 Å². The lowest BCUT2D eigenvalue weighted by Crippen LogP contribution is -2.57. The van der Waals surface area contributed by atoms with Gasteiger partial charge in [0.15, 0.2) is 0 Å². The summed E-state index contributed by atoms with van der Waals surface area (Å²) in [5.74, 6) is -1.66. The largest absolute Gasteiger partial charge is 0.341 e. The number of allylic oxidation sites excluding steroid dienone is 2. The van der Waals surface area contributed by atoms with Gasteiger partial charge < -0.3 is 0 Å². The molecular weight excluding hydrogens is 266 g/mol. The van der Waals surface area contributed by atoms with Crippen LogP contribution in [0.15, 0.2) is 52.3 Å². The fraction of sp³-hybridized carbons (Fsp3) is 0.250. The SMILES string of the molecule is C=CCn1c(=O)n(CC=C)c(=O)n(C2(C=C)OO2)c1=O. The van der Waals surface area contributed by atoms with E-state index in [1.807, 2.05) is 0 Å². The van der Waals surface area contributed by atoms with Crippen LogP contribution in [0.3, 0.4) is 0 Å². The predicted octanol–water partition coefficient (Wildman–Crippen LogP) is -0.698. The summed E-state index contributed by atoms with van der Waals surface area (Å²) in [6, 6.07) is 0. The van der Waals surface area contributed by atoms with E-state index in [1.165, 1.54) is 12.2 Å². The van der Waals surface area contributed by atoms with E-state index in [-0.39, 0.29) is 13.1 Å². The molecule has 1 saturated heterocycles. The zero-order valence-electron chi connectivity index (χ0n) is 10.7. The van der Waals surface area contributed by atoms with Gasteiger partial charge in [-0.3, -0.25) is 0 Å². The Bertz CT molecular complexity index is 700. The van der Waals surface area contributed by atoms with Gasteiger partial charge in [-0.15, -0.1) is 13.2 Å². The van der Waals surface area contributed by atoms with Gasteiger partial charge in [-0.05, 0) is 6.08 Å². The van der Waals surface area contributed by atoms with E-state index in [1.54, 1.807) is 0 Å². The molecule has 0 atom stereocenters.